The van der Waals surface area contributed by atoms with E-state index in [1.807, 2.05) is 0 Å². The van der Waals surface area contributed by atoms with Crippen molar-refractivity contribution in [2.24, 2.45) is 0 Å². The van der Waals surface area contributed by atoms with Crippen molar-refractivity contribution in [3.8, 4) is 33.4 Å². The van der Waals surface area contributed by atoms with Crippen LogP contribution in [0.1, 0.15) is 22.3 Å². The zero-order valence-electron chi connectivity index (χ0n) is 37.5. The van der Waals surface area contributed by atoms with Gasteiger partial charge in [0.15, 0.2) is 0 Å². The van der Waals surface area contributed by atoms with E-state index in [0.717, 1.165) is 17.1 Å². The molecule has 69 heavy (non-hydrogen) atoms. The van der Waals surface area contributed by atoms with Gasteiger partial charge in [-0.1, -0.05) is 164 Å². The summed E-state index contributed by atoms with van der Waals surface area (Å²) in [6.45, 7) is 0.0236. The summed E-state index contributed by atoms with van der Waals surface area (Å²) in [6.07, 6.45) is 0. The third-order valence-electron chi connectivity index (χ3n) is 15.9. The summed E-state index contributed by atoms with van der Waals surface area (Å²) in [6, 6.07) is 91.0. The molecule has 0 N–H and O–H groups in total. The van der Waals surface area contributed by atoms with E-state index >= 15 is 0 Å². The number of benzene rings is 11. The zero-order valence-corrected chi connectivity index (χ0v) is 37.5. The van der Waals surface area contributed by atoms with E-state index in [-0.39, 0.29) is 6.71 Å². The second kappa shape index (κ2) is 13.6. The molecule has 0 atom stereocenters. The first-order chi connectivity index (χ1) is 34.3. The van der Waals surface area contributed by atoms with Gasteiger partial charge < -0.3 is 14.7 Å². The molecule has 1 spiro atoms. The minimum absolute atomic E-state index is 0.0236. The Bertz CT molecular complexity index is 3810. The third kappa shape index (κ3) is 4.73. The van der Waals surface area contributed by atoms with Crippen molar-refractivity contribution in [3.63, 3.8) is 0 Å². The molecule has 0 aromatic heterocycles. The van der Waals surface area contributed by atoms with Crippen LogP contribution in [0.15, 0.2) is 243 Å². The number of para-hydroxylation sites is 3. The quantitative estimate of drug-likeness (QED) is 0.163. The smallest absolute Gasteiger partial charge is 0.257 e. The summed E-state index contributed by atoms with van der Waals surface area (Å²) in [5.74, 6) is 0. The Kier molecular flexibility index (Phi) is 7.36. The fourth-order valence-corrected chi connectivity index (χ4v) is 13.4. The molecule has 0 bridgehead atoms. The summed E-state index contributed by atoms with van der Waals surface area (Å²) in [5.41, 5.74) is 27.5. The second-order valence-corrected chi connectivity index (χ2v) is 19.1. The van der Waals surface area contributed by atoms with Gasteiger partial charge in [0.2, 0.25) is 0 Å². The van der Waals surface area contributed by atoms with Crippen LogP contribution < -0.4 is 31.1 Å². The molecule has 11 aromatic rings. The van der Waals surface area contributed by atoms with Crippen molar-refractivity contribution in [1.29, 1.82) is 0 Å². The summed E-state index contributed by atoms with van der Waals surface area (Å²) >= 11 is 0. The molecule has 3 aliphatic heterocycles. The van der Waals surface area contributed by atoms with Crippen LogP contribution >= 0.6 is 0 Å². The van der Waals surface area contributed by atoms with Gasteiger partial charge in [-0.3, -0.25) is 0 Å². The Morgan fingerprint density at radius 3 is 1.17 bits per heavy atom. The maximum Gasteiger partial charge on any atom is 0.257 e. The highest BCUT2D eigenvalue weighted by molar-refractivity contribution is 7.02. The normalized spacial score (nSPS) is 14.4. The monoisotopic (exact) mass is 873 g/mol. The lowest BCUT2D eigenvalue weighted by atomic mass is 9.31. The van der Waals surface area contributed by atoms with Crippen LogP contribution in [0.25, 0.3) is 44.2 Å². The largest absolute Gasteiger partial charge is 0.311 e. The molecule has 16 rings (SSSR count). The molecule has 3 heterocycles. The number of hydrogen-bond acceptors (Lipinski definition) is 3. The molecular weight excluding hydrogens is 834 g/mol. The van der Waals surface area contributed by atoms with E-state index < -0.39 is 5.41 Å². The average Bonchev–Trinajstić information content (AvgIpc) is 3.89. The Balaban J connectivity index is 0.968. The maximum absolute atomic E-state index is 2.53. The lowest BCUT2D eigenvalue weighted by molar-refractivity contribution is 0.801. The van der Waals surface area contributed by atoms with Gasteiger partial charge >= 0.3 is 0 Å². The van der Waals surface area contributed by atoms with Crippen molar-refractivity contribution in [3.05, 3.63) is 265 Å². The summed E-state index contributed by atoms with van der Waals surface area (Å²) < 4.78 is 0. The molecule has 2 aliphatic carbocycles. The minimum Gasteiger partial charge on any atom is -0.311 e. The van der Waals surface area contributed by atoms with Crippen LogP contribution in [-0.4, -0.2) is 6.71 Å². The van der Waals surface area contributed by atoms with E-state index in [1.165, 1.54) is 117 Å². The molecular formula is C65H40BN3. The highest BCUT2D eigenvalue weighted by Gasteiger charge is 2.53. The molecule has 0 amide bonds. The number of fused-ring (bicyclic) bond motifs is 12. The van der Waals surface area contributed by atoms with Crippen LogP contribution in [0.5, 0.6) is 0 Å². The van der Waals surface area contributed by atoms with E-state index in [0.29, 0.717) is 0 Å². The fraction of sp³-hybridized carbons (Fsp3) is 0.0154. The molecule has 0 saturated heterocycles. The summed E-state index contributed by atoms with van der Waals surface area (Å²) in [4.78, 5) is 7.56. The Morgan fingerprint density at radius 1 is 0.290 bits per heavy atom. The molecule has 0 fully saturated rings. The van der Waals surface area contributed by atoms with Gasteiger partial charge in [-0.25, -0.2) is 0 Å². The van der Waals surface area contributed by atoms with Crippen molar-refractivity contribution in [2.45, 2.75) is 5.41 Å². The van der Waals surface area contributed by atoms with Crippen molar-refractivity contribution in [2.75, 3.05) is 14.7 Å². The van der Waals surface area contributed by atoms with Crippen LogP contribution in [0.3, 0.4) is 0 Å². The lowest BCUT2D eigenvalue weighted by Crippen LogP contribution is -2.64. The molecule has 4 heteroatoms. The number of anilines is 9. The minimum atomic E-state index is -0.420. The Morgan fingerprint density at radius 2 is 0.696 bits per heavy atom. The molecule has 0 saturated carbocycles. The molecule has 318 valence electrons. The lowest BCUT2D eigenvalue weighted by Gasteiger charge is -2.49. The second-order valence-electron chi connectivity index (χ2n) is 19.1. The predicted octanol–water partition coefficient (Wildman–Crippen LogP) is 14.7. The molecule has 0 unspecified atom stereocenters. The maximum atomic E-state index is 2.53. The van der Waals surface area contributed by atoms with Gasteiger partial charge in [0.1, 0.15) is 0 Å². The SMILES string of the molecule is c1ccc(N2c3cccc4c3B3c5c2cccc5N(c2ccccc2)c2cc(-c5ccc6c7c(ccc6c5)-c5ccccc5C75c6ccccc6-c6ccccc65)cc(c23)N4c2ccccc2)cc1. The van der Waals surface area contributed by atoms with Crippen LogP contribution in [0.4, 0.5) is 51.2 Å². The molecule has 3 nitrogen and oxygen atoms in total. The van der Waals surface area contributed by atoms with Gasteiger partial charge in [0, 0.05) is 51.2 Å². The Hall–Kier alpha value is -8.86. The molecule has 5 aliphatic rings. The zero-order chi connectivity index (χ0) is 45.0. The van der Waals surface area contributed by atoms with Gasteiger partial charge in [0.25, 0.3) is 6.71 Å². The highest BCUT2D eigenvalue weighted by atomic mass is 15.2. The first-order valence-electron chi connectivity index (χ1n) is 24.1. The van der Waals surface area contributed by atoms with Crippen LogP contribution in [0, 0.1) is 0 Å². The van der Waals surface area contributed by atoms with Crippen LogP contribution in [-0.2, 0) is 5.41 Å². The fourth-order valence-electron chi connectivity index (χ4n) is 13.4. The van der Waals surface area contributed by atoms with E-state index in [2.05, 4.69) is 257 Å². The molecule has 11 aromatic carbocycles. The number of rotatable bonds is 4. The van der Waals surface area contributed by atoms with E-state index in [9.17, 15) is 0 Å². The molecule has 0 radical (unpaired) electrons. The topological polar surface area (TPSA) is 9.72 Å². The van der Waals surface area contributed by atoms with E-state index in [1.54, 1.807) is 0 Å². The first kappa shape index (κ1) is 37.3. The van der Waals surface area contributed by atoms with Crippen molar-refractivity contribution in [1.82, 2.24) is 0 Å². The van der Waals surface area contributed by atoms with Gasteiger partial charge in [0.05, 0.1) is 5.41 Å². The van der Waals surface area contributed by atoms with Gasteiger partial charge in [-0.15, -0.1) is 0 Å². The van der Waals surface area contributed by atoms with Crippen molar-refractivity contribution < 1.29 is 0 Å². The number of nitrogens with zero attached hydrogens (tertiary/aromatic N) is 3. The number of hydrogen-bond donors (Lipinski definition) is 0. The highest BCUT2D eigenvalue weighted by Crippen LogP contribution is 2.64. The van der Waals surface area contributed by atoms with E-state index in [4.69, 9.17) is 0 Å². The first-order valence-corrected chi connectivity index (χ1v) is 24.1. The standard InChI is InChI=1S/C65H40BN3/c1-4-18-44(19-5-1)67-55-30-16-32-57-62(55)66-63-56(67)31-17-33-58(63)69(46-22-8-3-9-23-46)60-40-43(39-59(64(60)66)68(57)45-20-6-2-7-21-45)41-34-36-47-42(38-41)35-37-51-50-26-12-15-29-54(50)65(61(47)51)52-27-13-10-24-48(52)49-25-11-14-28-53(49)65/h1-40H. The average molecular weight is 874 g/mol. The van der Waals surface area contributed by atoms with Crippen molar-refractivity contribution >= 4 is 85.1 Å². The van der Waals surface area contributed by atoms with Crippen LogP contribution in [0.2, 0.25) is 0 Å². The van der Waals surface area contributed by atoms with Gasteiger partial charge in [-0.05, 0) is 162 Å². The Labute approximate surface area is 401 Å². The third-order valence-corrected chi connectivity index (χ3v) is 15.9. The van der Waals surface area contributed by atoms with Gasteiger partial charge in [-0.2, -0.15) is 0 Å². The predicted molar refractivity (Wildman–Crippen MR) is 288 cm³/mol. The summed E-state index contributed by atoms with van der Waals surface area (Å²) in [5, 5.41) is 2.54. The summed E-state index contributed by atoms with van der Waals surface area (Å²) in [7, 11) is 0.